The van der Waals surface area contributed by atoms with Gasteiger partial charge in [-0.25, -0.2) is 0 Å². The van der Waals surface area contributed by atoms with Crippen LogP contribution in [0.5, 0.6) is 0 Å². The molecule has 1 aromatic carbocycles. The molecule has 19 heavy (non-hydrogen) atoms. The largest absolute Gasteiger partial charge is 0.305 e. The number of fused-ring (bicyclic) bond motifs is 1. The Bertz CT molecular complexity index is 593. The van der Waals surface area contributed by atoms with E-state index in [0.29, 0.717) is 13.0 Å². The van der Waals surface area contributed by atoms with Gasteiger partial charge in [0.2, 0.25) is 0 Å². The van der Waals surface area contributed by atoms with Gasteiger partial charge in [-0.05, 0) is 26.8 Å². The van der Waals surface area contributed by atoms with E-state index >= 15 is 0 Å². The van der Waals surface area contributed by atoms with E-state index in [1.807, 2.05) is 36.0 Å². The molecular formula is C15H21N3O. The lowest BCUT2D eigenvalue weighted by molar-refractivity contribution is -0.117. The number of nitrogens with one attached hydrogen (secondary N) is 1. The summed E-state index contributed by atoms with van der Waals surface area (Å²) in [6, 6.07) is 7.99. The molecule has 4 heteroatoms. The quantitative estimate of drug-likeness (QED) is 0.914. The van der Waals surface area contributed by atoms with Crippen molar-refractivity contribution in [2.75, 3.05) is 6.54 Å². The molecule has 2 rings (SSSR count). The molecule has 0 bridgehead atoms. The molecular weight excluding hydrogens is 238 g/mol. The molecule has 0 amide bonds. The average Bonchev–Trinajstić information content (AvgIpc) is 2.64. The molecule has 0 aliphatic heterocycles. The maximum atomic E-state index is 12.0. The highest BCUT2D eigenvalue weighted by atomic mass is 16.1. The van der Waals surface area contributed by atoms with Crippen LogP contribution in [0.2, 0.25) is 0 Å². The van der Waals surface area contributed by atoms with Crippen molar-refractivity contribution in [2.24, 2.45) is 7.05 Å². The summed E-state index contributed by atoms with van der Waals surface area (Å²) in [5, 5.41) is 8.72. The maximum Gasteiger partial charge on any atom is 0.152 e. The number of Topliss-reactive ketones (excluding diaryl/α,β-unsaturated/α-hetero) is 1. The van der Waals surface area contributed by atoms with Crippen LogP contribution in [0.4, 0.5) is 0 Å². The van der Waals surface area contributed by atoms with Gasteiger partial charge in [-0.3, -0.25) is 9.48 Å². The fourth-order valence-corrected chi connectivity index (χ4v) is 2.03. The van der Waals surface area contributed by atoms with Crippen LogP contribution in [-0.2, 0) is 18.3 Å². The number of benzene rings is 1. The van der Waals surface area contributed by atoms with E-state index in [0.717, 1.165) is 16.6 Å². The number of ketones is 1. The zero-order valence-corrected chi connectivity index (χ0v) is 12.0. The molecule has 0 saturated heterocycles. The van der Waals surface area contributed by atoms with Gasteiger partial charge in [0.05, 0.1) is 24.2 Å². The van der Waals surface area contributed by atoms with Crippen LogP contribution < -0.4 is 5.32 Å². The van der Waals surface area contributed by atoms with E-state index < -0.39 is 0 Å². The van der Waals surface area contributed by atoms with E-state index in [2.05, 4.69) is 31.2 Å². The smallest absolute Gasteiger partial charge is 0.152 e. The minimum Gasteiger partial charge on any atom is -0.305 e. The Hall–Kier alpha value is -1.68. The van der Waals surface area contributed by atoms with Crippen LogP contribution in [0.3, 0.4) is 0 Å². The minimum atomic E-state index is -0.0398. The Morgan fingerprint density at radius 2 is 2.00 bits per heavy atom. The number of aromatic nitrogens is 2. The Morgan fingerprint density at radius 1 is 1.32 bits per heavy atom. The Morgan fingerprint density at radius 3 is 2.68 bits per heavy atom. The number of nitrogens with zero attached hydrogens (tertiary/aromatic N) is 2. The average molecular weight is 259 g/mol. The van der Waals surface area contributed by atoms with Gasteiger partial charge in [-0.15, -0.1) is 0 Å². The second-order valence-corrected chi connectivity index (χ2v) is 5.91. The third-order valence-corrected chi connectivity index (χ3v) is 3.01. The number of aryl methyl sites for hydroxylation is 1. The van der Waals surface area contributed by atoms with Gasteiger partial charge in [0.15, 0.2) is 5.78 Å². The van der Waals surface area contributed by atoms with Crippen molar-refractivity contribution in [3.63, 3.8) is 0 Å². The number of carbonyl (C=O) groups excluding carboxylic acids is 1. The Balaban J connectivity index is 2.11. The second-order valence-electron chi connectivity index (χ2n) is 5.91. The predicted octanol–water partition coefficient (Wildman–Crippen LogP) is 2.07. The van der Waals surface area contributed by atoms with Gasteiger partial charge in [0.1, 0.15) is 0 Å². The Labute approximate surface area is 113 Å². The van der Waals surface area contributed by atoms with Gasteiger partial charge >= 0.3 is 0 Å². The van der Waals surface area contributed by atoms with Crippen molar-refractivity contribution in [1.29, 1.82) is 0 Å². The van der Waals surface area contributed by atoms with E-state index in [-0.39, 0.29) is 11.3 Å². The van der Waals surface area contributed by atoms with E-state index in [4.69, 9.17) is 0 Å². The van der Waals surface area contributed by atoms with Crippen molar-refractivity contribution in [1.82, 2.24) is 15.1 Å². The summed E-state index contributed by atoms with van der Waals surface area (Å²) < 4.78 is 1.83. The van der Waals surface area contributed by atoms with Crippen molar-refractivity contribution in [3.8, 4) is 0 Å². The third kappa shape index (κ3) is 3.41. The van der Waals surface area contributed by atoms with E-state index in [1.54, 1.807) is 0 Å². The van der Waals surface area contributed by atoms with Crippen LogP contribution in [0, 0.1) is 0 Å². The molecule has 1 heterocycles. The van der Waals surface area contributed by atoms with Crippen LogP contribution in [-0.4, -0.2) is 27.6 Å². The number of hydrogen-bond donors (Lipinski definition) is 1. The Kier molecular flexibility index (Phi) is 3.71. The van der Waals surface area contributed by atoms with Gasteiger partial charge in [-0.2, -0.15) is 5.10 Å². The highest BCUT2D eigenvalue weighted by Gasteiger charge is 2.15. The first kappa shape index (κ1) is 13.7. The first-order valence-corrected chi connectivity index (χ1v) is 6.54. The van der Waals surface area contributed by atoms with Crippen molar-refractivity contribution >= 4 is 16.7 Å². The monoisotopic (exact) mass is 259 g/mol. The lowest BCUT2D eigenvalue weighted by Crippen LogP contribution is -2.39. The molecule has 0 spiro atoms. The highest BCUT2D eigenvalue weighted by molar-refractivity contribution is 5.89. The lowest BCUT2D eigenvalue weighted by atomic mass is 10.1. The van der Waals surface area contributed by atoms with E-state index in [9.17, 15) is 4.79 Å². The highest BCUT2D eigenvalue weighted by Crippen LogP contribution is 2.17. The zero-order valence-electron chi connectivity index (χ0n) is 12.0. The molecule has 0 unspecified atom stereocenters. The summed E-state index contributed by atoms with van der Waals surface area (Å²) in [5.74, 6) is 0.166. The summed E-state index contributed by atoms with van der Waals surface area (Å²) >= 11 is 0. The molecule has 0 saturated carbocycles. The molecule has 0 atom stereocenters. The summed E-state index contributed by atoms with van der Waals surface area (Å²) in [7, 11) is 1.91. The molecule has 0 aliphatic rings. The molecule has 2 aromatic rings. The predicted molar refractivity (Wildman–Crippen MR) is 77.2 cm³/mol. The normalized spacial score (nSPS) is 12.0. The van der Waals surface area contributed by atoms with Crippen molar-refractivity contribution < 1.29 is 4.79 Å². The summed E-state index contributed by atoms with van der Waals surface area (Å²) in [5.41, 5.74) is 1.88. The number of carbonyl (C=O) groups is 1. The van der Waals surface area contributed by atoms with Crippen LogP contribution >= 0.6 is 0 Å². The minimum absolute atomic E-state index is 0.0398. The lowest BCUT2D eigenvalue weighted by Gasteiger charge is -2.19. The SMILES string of the molecule is Cn1nc(CC(=O)CNC(C)(C)C)c2ccccc21. The van der Waals surface area contributed by atoms with Gasteiger partial charge < -0.3 is 5.32 Å². The number of rotatable bonds is 4. The molecule has 0 radical (unpaired) electrons. The fraction of sp³-hybridized carbons (Fsp3) is 0.467. The van der Waals surface area contributed by atoms with Gasteiger partial charge in [-0.1, -0.05) is 18.2 Å². The molecule has 1 aromatic heterocycles. The molecule has 0 aliphatic carbocycles. The third-order valence-electron chi connectivity index (χ3n) is 3.01. The second kappa shape index (κ2) is 5.13. The maximum absolute atomic E-state index is 12.0. The van der Waals surface area contributed by atoms with E-state index in [1.165, 1.54) is 0 Å². The zero-order chi connectivity index (χ0) is 14.0. The number of hydrogen-bond acceptors (Lipinski definition) is 3. The summed E-state index contributed by atoms with van der Waals surface area (Å²) in [6.45, 7) is 6.54. The van der Waals surface area contributed by atoms with Crippen LogP contribution in [0.15, 0.2) is 24.3 Å². The topological polar surface area (TPSA) is 46.9 Å². The van der Waals surface area contributed by atoms with Crippen molar-refractivity contribution in [3.05, 3.63) is 30.0 Å². The van der Waals surface area contributed by atoms with Crippen LogP contribution in [0.1, 0.15) is 26.5 Å². The molecule has 1 N–H and O–H groups in total. The standard InChI is InChI=1S/C15H21N3O/c1-15(2,3)16-10-11(19)9-13-12-7-5-6-8-14(12)18(4)17-13/h5-8,16H,9-10H2,1-4H3. The summed E-state index contributed by atoms with van der Waals surface area (Å²) in [6.07, 6.45) is 0.379. The molecule has 4 nitrogen and oxygen atoms in total. The summed E-state index contributed by atoms with van der Waals surface area (Å²) in [4.78, 5) is 12.0. The fourth-order valence-electron chi connectivity index (χ4n) is 2.03. The first-order chi connectivity index (χ1) is 8.87. The van der Waals surface area contributed by atoms with Gasteiger partial charge in [0, 0.05) is 18.0 Å². The van der Waals surface area contributed by atoms with Crippen LogP contribution in [0.25, 0.3) is 10.9 Å². The number of para-hydroxylation sites is 1. The van der Waals surface area contributed by atoms with Crippen molar-refractivity contribution in [2.45, 2.75) is 32.7 Å². The van der Waals surface area contributed by atoms with Gasteiger partial charge in [0.25, 0.3) is 0 Å². The molecule has 102 valence electrons. The first-order valence-electron chi connectivity index (χ1n) is 6.54. The molecule has 0 fully saturated rings.